The van der Waals surface area contributed by atoms with Gasteiger partial charge in [-0.25, -0.2) is 0 Å². The SMILES string of the molecule is CCC(=O)O[C@H]1[C@H](O[C@@H]2[C@@H](C)[C@H](O[C@@H]3C[C@](C)(OC)[C@H](O)[C@@H](C)O3)[C@@H](C)C(=O)O[C@H](CC)[C@@](C)(O)[C@H](O)[C@@H](C)C(=O)[C@H](C)C[C@@]2(C)O)O[C@H](C)C[C@@H]1N(C)C. The van der Waals surface area contributed by atoms with Crippen molar-refractivity contribution in [1.29, 1.82) is 0 Å². The first-order chi connectivity index (χ1) is 25.4. The highest BCUT2D eigenvalue weighted by Gasteiger charge is 2.54. The second-order valence-electron chi connectivity index (χ2n) is 17.3. The van der Waals surface area contributed by atoms with Crippen LogP contribution in [0.2, 0.25) is 0 Å². The third-order valence-corrected chi connectivity index (χ3v) is 12.4. The van der Waals surface area contributed by atoms with Gasteiger partial charge in [-0.15, -0.1) is 0 Å². The summed E-state index contributed by atoms with van der Waals surface area (Å²) < 4.78 is 43.6. The second kappa shape index (κ2) is 18.9. The first-order valence-corrected chi connectivity index (χ1v) is 19.9. The molecule has 55 heavy (non-hydrogen) atoms. The van der Waals surface area contributed by atoms with Crippen molar-refractivity contribution in [2.24, 2.45) is 23.7 Å². The molecule has 3 saturated heterocycles. The lowest BCUT2D eigenvalue weighted by atomic mass is 9.74. The van der Waals surface area contributed by atoms with E-state index in [-0.39, 0.29) is 37.8 Å². The Hall–Kier alpha value is -1.79. The summed E-state index contributed by atoms with van der Waals surface area (Å²) in [6.07, 6.45) is -9.68. The molecule has 0 aliphatic carbocycles. The number of aliphatic hydroxyl groups is 4. The summed E-state index contributed by atoms with van der Waals surface area (Å²) >= 11 is 0. The van der Waals surface area contributed by atoms with Gasteiger partial charge in [-0.05, 0) is 74.9 Å². The Morgan fingerprint density at radius 2 is 1.51 bits per heavy atom. The lowest BCUT2D eigenvalue weighted by Crippen LogP contribution is -2.61. The van der Waals surface area contributed by atoms with Crippen molar-refractivity contribution in [3.63, 3.8) is 0 Å². The Kier molecular flexibility index (Phi) is 16.3. The fraction of sp³-hybridized carbons (Fsp3) is 0.925. The van der Waals surface area contributed by atoms with Gasteiger partial charge in [0.25, 0.3) is 0 Å². The lowest BCUT2D eigenvalue weighted by molar-refractivity contribution is -0.319. The molecule has 0 radical (unpaired) electrons. The van der Waals surface area contributed by atoms with Crippen molar-refractivity contribution >= 4 is 17.7 Å². The summed E-state index contributed by atoms with van der Waals surface area (Å²) in [6.45, 7) is 18.0. The Morgan fingerprint density at radius 3 is 2.05 bits per heavy atom. The van der Waals surface area contributed by atoms with E-state index in [0.717, 1.165) is 0 Å². The highest BCUT2D eigenvalue weighted by atomic mass is 16.7. The van der Waals surface area contributed by atoms with Gasteiger partial charge in [-0.1, -0.05) is 34.6 Å². The molecule has 0 amide bonds. The molecule has 0 spiro atoms. The number of hydrogen-bond acceptors (Lipinski definition) is 15. The van der Waals surface area contributed by atoms with E-state index in [1.165, 1.54) is 27.9 Å². The van der Waals surface area contributed by atoms with Crippen LogP contribution in [0.4, 0.5) is 0 Å². The van der Waals surface area contributed by atoms with Gasteiger partial charge >= 0.3 is 11.9 Å². The van der Waals surface area contributed by atoms with E-state index in [1.54, 1.807) is 48.5 Å². The molecule has 18 atom stereocenters. The number of carbonyl (C=O) groups excluding carboxylic acids is 3. The quantitative estimate of drug-likeness (QED) is 0.249. The molecule has 0 aromatic carbocycles. The topological polar surface area (TPSA) is 200 Å². The summed E-state index contributed by atoms with van der Waals surface area (Å²) in [6, 6.07) is -0.319. The first kappa shape index (κ1) is 47.6. The third kappa shape index (κ3) is 10.6. The van der Waals surface area contributed by atoms with E-state index in [2.05, 4.69) is 0 Å². The molecule has 3 rings (SSSR count). The Morgan fingerprint density at radius 1 is 0.891 bits per heavy atom. The molecule has 15 nitrogen and oxygen atoms in total. The van der Waals surface area contributed by atoms with E-state index in [0.29, 0.717) is 6.42 Å². The normalized spacial score (nSPS) is 46.9. The van der Waals surface area contributed by atoms with Gasteiger partial charge in [-0.3, -0.25) is 14.4 Å². The minimum atomic E-state index is -2.01. The third-order valence-electron chi connectivity index (χ3n) is 12.4. The number of methoxy groups -OCH3 is 1. The molecule has 3 fully saturated rings. The summed E-state index contributed by atoms with van der Waals surface area (Å²) in [5, 5.41) is 46.6. The standard InChI is InChI=1S/C40H71NO14/c1-15-27-40(11,48)33(44)22(5)30(43)20(3)18-38(9,47)35(55-37-32(53-28(42)16-2)26(41(12)13)17-21(4)50-37)23(6)31(24(7)36(46)52-27)54-29-19-39(10,49-14)34(45)25(8)51-29/h20-27,29,31-35,37,44-45,47-48H,15-19H2,1-14H3/t20-,21-,22+,23+,24-,25-,26+,27-,29-,31+,32-,33-,34-,35-,37+,38-,39+,40-/m1/s1. The molecule has 0 unspecified atom stereocenters. The number of esters is 2. The summed E-state index contributed by atoms with van der Waals surface area (Å²) in [4.78, 5) is 42.9. The Bertz CT molecular complexity index is 1290. The number of likely N-dealkylation sites (N-methyl/N-ethyl adjacent to an activating group) is 1. The number of nitrogens with zero attached hydrogens (tertiary/aromatic N) is 1. The molecule has 0 saturated carbocycles. The fourth-order valence-electron chi connectivity index (χ4n) is 8.76. The van der Waals surface area contributed by atoms with Crippen molar-refractivity contribution in [2.75, 3.05) is 21.2 Å². The average Bonchev–Trinajstić information content (AvgIpc) is 3.11. The highest BCUT2D eigenvalue weighted by Crippen LogP contribution is 2.41. The zero-order valence-corrected chi connectivity index (χ0v) is 35.5. The molecule has 320 valence electrons. The molecule has 3 aliphatic rings. The lowest BCUT2D eigenvalue weighted by Gasteiger charge is -2.49. The maximum Gasteiger partial charge on any atom is 0.311 e. The second-order valence-corrected chi connectivity index (χ2v) is 17.3. The fourth-order valence-corrected chi connectivity index (χ4v) is 8.76. The first-order valence-electron chi connectivity index (χ1n) is 19.9. The average molecular weight is 790 g/mol. The van der Waals surface area contributed by atoms with Gasteiger partial charge in [0, 0.05) is 37.7 Å². The van der Waals surface area contributed by atoms with Gasteiger partial charge in [0.1, 0.15) is 23.6 Å². The number of Topliss-reactive ketones (excluding diaryl/α,β-unsaturated/α-hetero) is 1. The number of ketones is 1. The van der Waals surface area contributed by atoms with Crippen LogP contribution in [-0.4, -0.2) is 149 Å². The van der Waals surface area contributed by atoms with Crippen molar-refractivity contribution in [3.05, 3.63) is 0 Å². The molecule has 0 bridgehead atoms. The van der Waals surface area contributed by atoms with E-state index in [4.69, 9.17) is 33.2 Å². The maximum atomic E-state index is 14.2. The highest BCUT2D eigenvalue weighted by molar-refractivity contribution is 5.83. The number of rotatable bonds is 9. The van der Waals surface area contributed by atoms with Crippen molar-refractivity contribution < 1.29 is 68.0 Å². The van der Waals surface area contributed by atoms with E-state index in [1.807, 2.05) is 25.9 Å². The molecule has 0 aromatic heterocycles. The smallest absolute Gasteiger partial charge is 0.311 e. The number of hydrogen-bond donors (Lipinski definition) is 4. The van der Waals surface area contributed by atoms with Crippen LogP contribution >= 0.6 is 0 Å². The van der Waals surface area contributed by atoms with Crippen LogP contribution in [0.3, 0.4) is 0 Å². The minimum absolute atomic E-state index is 0.0760. The molecule has 4 N–H and O–H groups in total. The Balaban J connectivity index is 2.24. The van der Waals surface area contributed by atoms with Crippen LogP contribution in [0.5, 0.6) is 0 Å². The van der Waals surface area contributed by atoms with Crippen molar-refractivity contribution in [2.45, 2.75) is 193 Å². The predicted octanol–water partition coefficient (Wildman–Crippen LogP) is 2.75. The van der Waals surface area contributed by atoms with Gasteiger partial charge in [0.2, 0.25) is 0 Å². The van der Waals surface area contributed by atoms with Crippen molar-refractivity contribution in [1.82, 2.24) is 4.90 Å². The van der Waals surface area contributed by atoms with Crippen LogP contribution < -0.4 is 0 Å². The molecule has 15 heteroatoms. The van der Waals surface area contributed by atoms with Crippen LogP contribution in [0, 0.1) is 23.7 Å². The predicted molar refractivity (Wildman–Crippen MR) is 200 cm³/mol. The van der Waals surface area contributed by atoms with E-state index < -0.39 is 114 Å². The number of ether oxygens (including phenoxy) is 7. The molecular weight excluding hydrogens is 718 g/mol. The molecule has 3 aliphatic heterocycles. The maximum absolute atomic E-state index is 14.2. The molecule has 0 aromatic rings. The number of cyclic esters (lactones) is 1. The summed E-state index contributed by atoms with van der Waals surface area (Å²) in [5.74, 6) is -5.59. The van der Waals surface area contributed by atoms with Crippen molar-refractivity contribution in [3.8, 4) is 0 Å². The minimum Gasteiger partial charge on any atom is -0.459 e. The van der Waals surface area contributed by atoms with Crippen LogP contribution in [0.1, 0.15) is 108 Å². The monoisotopic (exact) mass is 789 g/mol. The zero-order valence-electron chi connectivity index (χ0n) is 35.5. The molecular formula is C40H71NO14. The van der Waals surface area contributed by atoms with Gasteiger partial charge in [-0.2, -0.15) is 0 Å². The Labute approximate surface area is 327 Å². The summed E-state index contributed by atoms with van der Waals surface area (Å²) in [5.41, 5.74) is -4.92. The van der Waals surface area contributed by atoms with E-state index >= 15 is 0 Å². The van der Waals surface area contributed by atoms with Crippen LogP contribution in [0.25, 0.3) is 0 Å². The van der Waals surface area contributed by atoms with Gasteiger partial charge in [0.15, 0.2) is 18.7 Å². The summed E-state index contributed by atoms with van der Waals surface area (Å²) in [7, 11) is 5.21. The van der Waals surface area contributed by atoms with Crippen LogP contribution in [-0.2, 0) is 47.5 Å². The number of aliphatic hydroxyl groups excluding tert-OH is 2. The van der Waals surface area contributed by atoms with Gasteiger partial charge < -0.3 is 58.5 Å². The van der Waals surface area contributed by atoms with Gasteiger partial charge in [0.05, 0.1) is 53.7 Å². The molecule has 3 heterocycles. The zero-order chi connectivity index (χ0) is 42.0. The van der Waals surface area contributed by atoms with E-state index in [9.17, 15) is 34.8 Å². The largest absolute Gasteiger partial charge is 0.459 e. The number of carbonyl (C=O) groups is 3. The van der Waals surface area contributed by atoms with Crippen LogP contribution in [0.15, 0.2) is 0 Å².